The Labute approximate surface area is 116 Å². The van der Waals surface area contributed by atoms with Crippen LogP contribution in [-0.2, 0) is 4.74 Å². The summed E-state index contributed by atoms with van der Waals surface area (Å²) in [5.74, 6) is -1.59. The molecule has 0 saturated carbocycles. The number of benzene rings is 1. The quantitative estimate of drug-likeness (QED) is 0.612. The van der Waals surface area contributed by atoms with E-state index in [4.69, 9.17) is 0 Å². The molecule has 0 spiro atoms. The molecule has 1 heterocycles. The van der Waals surface area contributed by atoms with Gasteiger partial charge in [0.05, 0.1) is 7.11 Å². The van der Waals surface area contributed by atoms with Crippen molar-refractivity contribution < 1.29 is 13.9 Å². The summed E-state index contributed by atoms with van der Waals surface area (Å²) in [6.07, 6.45) is 1.14. The molecule has 0 unspecified atom stereocenters. The molecule has 0 N–H and O–H groups in total. The minimum absolute atomic E-state index is 0.0850. The number of carbonyl (C=O) groups is 1. The van der Waals surface area contributed by atoms with Crippen LogP contribution in [0.4, 0.5) is 4.39 Å². The smallest absolute Gasteiger partial charge is 0.359 e. The summed E-state index contributed by atoms with van der Waals surface area (Å²) in [5.41, 5.74) is 0.309. The number of nitrogens with zero attached hydrogens (tertiary/aromatic N) is 2. The highest BCUT2D eigenvalue weighted by atomic mass is 127. The van der Waals surface area contributed by atoms with Crippen molar-refractivity contribution in [2.24, 2.45) is 0 Å². The maximum absolute atomic E-state index is 14.1. The van der Waals surface area contributed by atoms with Crippen LogP contribution in [0.1, 0.15) is 10.5 Å². The monoisotopic (exact) mass is 358 g/mol. The SMILES string of the molecule is COC(=O)c1ncnc(-c2ccc(I)cc2)c1F. The van der Waals surface area contributed by atoms with Crippen LogP contribution >= 0.6 is 22.6 Å². The highest BCUT2D eigenvalue weighted by molar-refractivity contribution is 14.1. The second-order valence-corrected chi connectivity index (χ2v) is 4.63. The van der Waals surface area contributed by atoms with Gasteiger partial charge in [-0.1, -0.05) is 12.1 Å². The van der Waals surface area contributed by atoms with Gasteiger partial charge in [0, 0.05) is 9.13 Å². The van der Waals surface area contributed by atoms with E-state index in [2.05, 4.69) is 37.3 Å². The zero-order valence-corrected chi connectivity index (χ0v) is 11.5. The third kappa shape index (κ3) is 2.47. The number of carbonyl (C=O) groups excluding carboxylic acids is 1. The van der Waals surface area contributed by atoms with Crippen LogP contribution in [0, 0.1) is 9.39 Å². The predicted octanol–water partition coefficient (Wildman–Crippen LogP) is 2.67. The Morgan fingerprint density at radius 1 is 1.28 bits per heavy atom. The standard InChI is InChI=1S/C12H8FIN2O2/c1-18-12(17)11-9(13)10(15-6-16-11)7-2-4-8(14)5-3-7/h2-6H,1H3. The molecule has 6 heteroatoms. The molecule has 0 radical (unpaired) electrons. The molecule has 0 bridgehead atoms. The largest absolute Gasteiger partial charge is 0.464 e. The van der Waals surface area contributed by atoms with Crippen LogP contribution in [0.5, 0.6) is 0 Å². The van der Waals surface area contributed by atoms with E-state index in [1.54, 1.807) is 12.1 Å². The van der Waals surface area contributed by atoms with Gasteiger partial charge in [-0.2, -0.15) is 0 Å². The first kappa shape index (κ1) is 12.9. The first-order valence-corrected chi connectivity index (χ1v) is 6.06. The molecule has 0 aliphatic rings. The molecular formula is C12H8FIN2O2. The van der Waals surface area contributed by atoms with Crippen molar-refractivity contribution in [2.75, 3.05) is 7.11 Å². The zero-order chi connectivity index (χ0) is 13.1. The second-order valence-electron chi connectivity index (χ2n) is 3.38. The number of esters is 1. The van der Waals surface area contributed by atoms with Gasteiger partial charge in [-0.25, -0.2) is 19.2 Å². The van der Waals surface area contributed by atoms with Crippen LogP contribution in [0.25, 0.3) is 11.3 Å². The molecule has 18 heavy (non-hydrogen) atoms. The van der Waals surface area contributed by atoms with Crippen molar-refractivity contribution in [3.63, 3.8) is 0 Å². The van der Waals surface area contributed by atoms with E-state index < -0.39 is 11.8 Å². The molecular weight excluding hydrogens is 350 g/mol. The lowest BCUT2D eigenvalue weighted by Crippen LogP contribution is -2.09. The Morgan fingerprint density at radius 3 is 2.56 bits per heavy atom. The van der Waals surface area contributed by atoms with Crippen molar-refractivity contribution in [3.05, 3.63) is 45.7 Å². The lowest BCUT2D eigenvalue weighted by molar-refractivity contribution is 0.0588. The highest BCUT2D eigenvalue weighted by Gasteiger charge is 2.19. The highest BCUT2D eigenvalue weighted by Crippen LogP contribution is 2.22. The molecule has 2 rings (SSSR count). The number of rotatable bonds is 2. The number of aromatic nitrogens is 2. The van der Waals surface area contributed by atoms with Gasteiger partial charge >= 0.3 is 5.97 Å². The van der Waals surface area contributed by atoms with Crippen LogP contribution in [0.2, 0.25) is 0 Å². The van der Waals surface area contributed by atoms with Crippen LogP contribution in [0.3, 0.4) is 0 Å². The fourth-order valence-electron chi connectivity index (χ4n) is 1.42. The van der Waals surface area contributed by atoms with E-state index >= 15 is 0 Å². The lowest BCUT2D eigenvalue weighted by atomic mass is 10.1. The van der Waals surface area contributed by atoms with E-state index in [9.17, 15) is 9.18 Å². The minimum Gasteiger partial charge on any atom is -0.464 e. The summed E-state index contributed by atoms with van der Waals surface area (Å²) in [6, 6.07) is 7.12. The van der Waals surface area contributed by atoms with Gasteiger partial charge in [-0.3, -0.25) is 0 Å². The molecule has 0 aliphatic carbocycles. The van der Waals surface area contributed by atoms with Gasteiger partial charge in [-0.15, -0.1) is 0 Å². The fourth-order valence-corrected chi connectivity index (χ4v) is 1.78. The van der Waals surface area contributed by atoms with Crippen molar-refractivity contribution in [3.8, 4) is 11.3 Å². The van der Waals surface area contributed by atoms with Gasteiger partial charge in [0.25, 0.3) is 0 Å². The van der Waals surface area contributed by atoms with Gasteiger partial charge in [-0.05, 0) is 34.7 Å². The molecule has 4 nitrogen and oxygen atoms in total. The first-order chi connectivity index (χ1) is 8.63. The molecule has 2 aromatic rings. The van der Waals surface area contributed by atoms with E-state index in [-0.39, 0.29) is 11.4 Å². The summed E-state index contributed by atoms with van der Waals surface area (Å²) in [4.78, 5) is 18.8. The summed E-state index contributed by atoms with van der Waals surface area (Å²) in [7, 11) is 1.18. The molecule has 1 aromatic carbocycles. The summed E-state index contributed by atoms with van der Waals surface area (Å²) in [5, 5.41) is 0. The van der Waals surface area contributed by atoms with Crippen molar-refractivity contribution >= 4 is 28.6 Å². The predicted molar refractivity (Wildman–Crippen MR) is 71.5 cm³/mol. The molecule has 92 valence electrons. The Kier molecular flexibility index (Phi) is 3.85. The normalized spacial score (nSPS) is 10.2. The average Bonchev–Trinajstić information content (AvgIpc) is 2.39. The molecule has 0 saturated heterocycles. The zero-order valence-electron chi connectivity index (χ0n) is 9.35. The molecule has 0 fully saturated rings. The summed E-state index contributed by atoms with van der Waals surface area (Å²) >= 11 is 2.15. The molecule has 1 aromatic heterocycles. The number of hydrogen-bond acceptors (Lipinski definition) is 4. The Balaban J connectivity index is 2.52. The van der Waals surface area contributed by atoms with Gasteiger partial charge < -0.3 is 4.74 Å². The van der Waals surface area contributed by atoms with Crippen LogP contribution in [0.15, 0.2) is 30.6 Å². The molecule has 0 amide bonds. The van der Waals surface area contributed by atoms with Crippen LogP contribution < -0.4 is 0 Å². The Morgan fingerprint density at radius 2 is 1.94 bits per heavy atom. The van der Waals surface area contributed by atoms with Crippen molar-refractivity contribution in [1.29, 1.82) is 0 Å². The fraction of sp³-hybridized carbons (Fsp3) is 0.0833. The Hall–Kier alpha value is -1.57. The van der Waals surface area contributed by atoms with Gasteiger partial charge in [0.1, 0.15) is 12.0 Å². The summed E-state index contributed by atoms with van der Waals surface area (Å²) < 4.78 is 19.6. The van der Waals surface area contributed by atoms with E-state index in [0.717, 1.165) is 9.90 Å². The maximum atomic E-state index is 14.1. The molecule has 0 aliphatic heterocycles. The average molecular weight is 358 g/mol. The molecule has 0 atom stereocenters. The minimum atomic E-state index is -0.818. The topological polar surface area (TPSA) is 52.1 Å². The van der Waals surface area contributed by atoms with E-state index in [0.29, 0.717) is 5.56 Å². The summed E-state index contributed by atoms with van der Waals surface area (Å²) in [6.45, 7) is 0. The van der Waals surface area contributed by atoms with E-state index in [1.807, 2.05) is 12.1 Å². The van der Waals surface area contributed by atoms with Gasteiger partial charge in [0.15, 0.2) is 11.5 Å². The maximum Gasteiger partial charge on any atom is 0.359 e. The number of hydrogen-bond donors (Lipinski definition) is 0. The lowest BCUT2D eigenvalue weighted by Gasteiger charge is -2.05. The second kappa shape index (κ2) is 5.38. The number of halogens is 2. The van der Waals surface area contributed by atoms with Crippen molar-refractivity contribution in [2.45, 2.75) is 0 Å². The van der Waals surface area contributed by atoms with E-state index in [1.165, 1.54) is 7.11 Å². The number of methoxy groups -OCH3 is 1. The Bertz CT molecular complexity index is 587. The van der Waals surface area contributed by atoms with Crippen LogP contribution in [-0.4, -0.2) is 23.0 Å². The number of ether oxygens (including phenoxy) is 1. The van der Waals surface area contributed by atoms with Gasteiger partial charge in [0.2, 0.25) is 0 Å². The third-order valence-corrected chi connectivity index (χ3v) is 3.01. The first-order valence-electron chi connectivity index (χ1n) is 4.98. The third-order valence-electron chi connectivity index (χ3n) is 2.29. The van der Waals surface area contributed by atoms with Crippen molar-refractivity contribution in [1.82, 2.24) is 9.97 Å².